The fourth-order valence-corrected chi connectivity index (χ4v) is 1.84. The molecule has 0 fully saturated rings. The number of nitrogens with one attached hydrogen (secondary N) is 1. The Kier molecular flexibility index (Phi) is 2.28. The number of aromatic nitrogens is 1. The van der Waals surface area contributed by atoms with Crippen molar-refractivity contribution in [3.63, 3.8) is 0 Å². The van der Waals surface area contributed by atoms with E-state index in [0.717, 1.165) is 0 Å². The van der Waals surface area contributed by atoms with Crippen molar-refractivity contribution in [2.75, 3.05) is 0 Å². The van der Waals surface area contributed by atoms with Crippen molar-refractivity contribution < 1.29 is 4.92 Å². The summed E-state index contributed by atoms with van der Waals surface area (Å²) in [5.41, 5.74) is -0.442. The topological polar surface area (TPSA) is 76.0 Å². The molecule has 0 aliphatic rings. The molecule has 0 bridgehead atoms. The molecule has 0 saturated carbocycles. The van der Waals surface area contributed by atoms with E-state index in [9.17, 15) is 14.9 Å². The van der Waals surface area contributed by atoms with Crippen LogP contribution in [0.4, 0.5) is 5.69 Å². The molecule has 0 unspecified atom stereocenters. The van der Waals surface area contributed by atoms with Crippen molar-refractivity contribution >= 4 is 32.4 Å². The van der Waals surface area contributed by atoms with Gasteiger partial charge in [0.1, 0.15) is 0 Å². The maximum absolute atomic E-state index is 11.4. The fraction of sp³-hybridized carbons (Fsp3) is 0. The van der Waals surface area contributed by atoms with Crippen LogP contribution in [-0.2, 0) is 0 Å². The van der Waals surface area contributed by atoms with Gasteiger partial charge in [-0.25, -0.2) is 0 Å². The van der Waals surface area contributed by atoms with Gasteiger partial charge in [-0.15, -0.1) is 0 Å². The zero-order valence-electron chi connectivity index (χ0n) is 7.36. The van der Waals surface area contributed by atoms with Crippen LogP contribution < -0.4 is 5.56 Å². The molecule has 0 aliphatic carbocycles. The van der Waals surface area contributed by atoms with E-state index in [1.165, 1.54) is 12.3 Å². The van der Waals surface area contributed by atoms with Crippen LogP contribution in [-0.4, -0.2) is 9.91 Å². The SMILES string of the molecule is O=c1[nH]ccc2cc(Br)c([N+](=O)[O-])cc12. The summed E-state index contributed by atoms with van der Waals surface area (Å²) < 4.78 is 0.366. The van der Waals surface area contributed by atoms with Crippen LogP contribution in [0.15, 0.2) is 33.7 Å². The molecule has 5 nitrogen and oxygen atoms in total. The lowest BCUT2D eigenvalue weighted by atomic mass is 10.1. The molecule has 1 aromatic carbocycles. The zero-order chi connectivity index (χ0) is 11.0. The normalized spacial score (nSPS) is 10.5. The number of nitro benzene ring substituents is 1. The summed E-state index contributed by atoms with van der Waals surface area (Å²) >= 11 is 3.09. The second-order valence-electron chi connectivity index (χ2n) is 2.95. The monoisotopic (exact) mass is 268 g/mol. The van der Waals surface area contributed by atoms with Crippen molar-refractivity contribution in [3.8, 4) is 0 Å². The third-order valence-electron chi connectivity index (χ3n) is 2.04. The molecule has 0 amide bonds. The minimum Gasteiger partial charge on any atom is -0.329 e. The van der Waals surface area contributed by atoms with Gasteiger partial charge in [-0.05, 0) is 33.4 Å². The Hall–Kier alpha value is -1.69. The first-order valence-corrected chi connectivity index (χ1v) is 4.84. The molecule has 2 rings (SSSR count). The first-order chi connectivity index (χ1) is 7.09. The summed E-state index contributed by atoms with van der Waals surface area (Å²) in [6.45, 7) is 0. The lowest BCUT2D eigenvalue weighted by Crippen LogP contribution is -2.05. The molecule has 2 aromatic rings. The molecule has 0 radical (unpaired) electrons. The van der Waals surface area contributed by atoms with Gasteiger partial charge in [-0.2, -0.15) is 0 Å². The first-order valence-electron chi connectivity index (χ1n) is 4.05. The molecule has 1 N–H and O–H groups in total. The first kappa shape index (κ1) is 9.85. The number of H-pyrrole nitrogens is 1. The van der Waals surface area contributed by atoms with Gasteiger partial charge < -0.3 is 4.98 Å². The van der Waals surface area contributed by atoms with Gasteiger partial charge in [0.2, 0.25) is 0 Å². The number of nitro groups is 1. The Labute approximate surface area is 92.0 Å². The lowest BCUT2D eigenvalue weighted by Gasteiger charge is -1.98. The number of hydrogen-bond donors (Lipinski definition) is 1. The van der Waals surface area contributed by atoms with Gasteiger partial charge in [0.25, 0.3) is 11.2 Å². The molecular formula is C9H5BrN2O3. The molecule has 0 saturated heterocycles. The summed E-state index contributed by atoms with van der Waals surface area (Å²) in [7, 11) is 0. The Bertz CT molecular complexity index is 606. The molecule has 0 aliphatic heterocycles. The maximum atomic E-state index is 11.4. The molecule has 1 aromatic heterocycles. The van der Waals surface area contributed by atoms with E-state index in [1.54, 1.807) is 12.1 Å². The summed E-state index contributed by atoms with van der Waals surface area (Å²) in [6, 6.07) is 4.51. The maximum Gasteiger partial charge on any atom is 0.284 e. The van der Waals surface area contributed by atoms with Crippen molar-refractivity contribution in [3.05, 3.63) is 49.3 Å². The number of nitrogens with zero attached hydrogens (tertiary/aromatic N) is 1. The van der Waals surface area contributed by atoms with Gasteiger partial charge in [0.15, 0.2) is 0 Å². The van der Waals surface area contributed by atoms with Gasteiger partial charge in [0, 0.05) is 12.3 Å². The number of benzene rings is 1. The molecule has 15 heavy (non-hydrogen) atoms. The molecular weight excluding hydrogens is 264 g/mol. The van der Waals surface area contributed by atoms with Crippen LogP contribution in [0.25, 0.3) is 10.8 Å². The zero-order valence-corrected chi connectivity index (χ0v) is 8.95. The number of pyridine rings is 1. The summed E-state index contributed by atoms with van der Waals surface area (Å²) in [5, 5.41) is 11.6. The van der Waals surface area contributed by atoms with E-state index in [0.29, 0.717) is 15.2 Å². The minimum absolute atomic E-state index is 0.112. The summed E-state index contributed by atoms with van der Waals surface area (Å²) in [4.78, 5) is 23.9. The quantitative estimate of drug-likeness (QED) is 0.636. The Balaban J connectivity index is 2.90. The molecule has 1 heterocycles. The predicted octanol–water partition coefficient (Wildman–Crippen LogP) is 2.20. The second kappa shape index (κ2) is 3.47. The number of aromatic amines is 1. The average Bonchev–Trinajstić information content (AvgIpc) is 2.16. The van der Waals surface area contributed by atoms with Crippen molar-refractivity contribution in [1.29, 1.82) is 0 Å². The highest BCUT2D eigenvalue weighted by atomic mass is 79.9. The minimum atomic E-state index is -0.532. The van der Waals surface area contributed by atoms with E-state index in [4.69, 9.17) is 0 Å². The van der Waals surface area contributed by atoms with Crippen molar-refractivity contribution in [2.45, 2.75) is 0 Å². The predicted molar refractivity (Wildman–Crippen MR) is 58.9 cm³/mol. The number of rotatable bonds is 1. The highest BCUT2D eigenvalue weighted by molar-refractivity contribution is 9.10. The Morgan fingerprint density at radius 3 is 2.80 bits per heavy atom. The Morgan fingerprint density at radius 2 is 2.13 bits per heavy atom. The largest absolute Gasteiger partial charge is 0.329 e. The molecule has 0 spiro atoms. The Morgan fingerprint density at radius 1 is 1.40 bits per heavy atom. The van der Waals surface area contributed by atoms with E-state index >= 15 is 0 Å². The van der Waals surface area contributed by atoms with E-state index in [1.807, 2.05) is 0 Å². The third-order valence-corrected chi connectivity index (χ3v) is 2.67. The van der Waals surface area contributed by atoms with Crippen LogP contribution in [0, 0.1) is 10.1 Å². The van der Waals surface area contributed by atoms with Crippen molar-refractivity contribution in [2.24, 2.45) is 0 Å². The lowest BCUT2D eigenvalue weighted by molar-refractivity contribution is -0.385. The highest BCUT2D eigenvalue weighted by Crippen LogP contribution is 2.28. The van der Waals surface area contributed by atoms with Crippen LogP contribution >= 0.6 is 15.9 Å². The summed E-state index contributed by atoms with van der Waals surface area (Å²) in [5.74, 6) is 0. The molecule has 76 valence electrons. The van der Waals surface area contributed by atoms with Crippen LogP contribution in [0.5, 0.6) is 0 Å². The second-order valence-corrected chi connectivity index (χ2v) is 3.81. The van der Waals surface area contributed by atoms with Crippen LogP contribution in [0.1, 0.15) is 0 Å². The van der Waals surface area contributed by atoms with E-state index in [-0.39, 0.29) is 11.2 Å². The van der Waals surface area contributed by atoms with Crippen LogP contribution in [0.2, 0.25) is 0 Å². The molecule has 0 atom stereocenters. The third kappa shape index (κ3) is 1.63. The van der Waals surface area contributed by atoms with E-state index in [2.05, 4.69) is 20.9 Å². The number of halogens is 1. The summed E-state index contributed by atoms with van der Waals surface area (Å²) in [6.07, 6.45) is 1.50. The number of hydrogen-bond acceptors (Lipinski definition) is 3. The van der Waals surface area contributed by atoms with Gasteiger partial charge in [0.05, 0.1) is 14.8 Å². The van der Waals surface area contributed by atoms with Gasteiger partial charge in [-0.1, -0.05) is 0 Å². The van der Waals surface area contributed by atoms with Gasteiger partial charge >= 0.3 is 0 Å². The standard InChI is InChI=1S/C9H5BrN2O3/c10-7-3-5-1-2-11-9(13)6(5)4-8(7)12(14)15/h1-4H,(H,11,13). The van der Waals surface area contributed by atoms with Crippen molar-refractivity contribution in [1.82, 2.24) is 4.98 Å². The van der Waals surface area contributed by atoms with Gasteiger partial charge in [-0.3, -0.25) is 14.9 Å². The fourth-order valence-electron chi connectivity index (χ4n) is 1.34. The smallest absolute Gasteiger partial charge is 0.284 e. The highest BCUT2D eigenvalue weighted by Gasteiger charge is 2.13. The molecule has 6 heteroatoms. The van der Waals surface area contributed by atoms with E-state index < -0.39 is 4.92 Å². The average molecular weight is 269 g/mol. The van der Waals surface area contributed by atoms with Crippen LogP contribution in [0.3, 0.4) is 0 Å². The number of fused-ring (bicyclic) bond motifs is 1.